The molecule has 1 aromatic carbocycles. The van der Waals surface area contributed by atoms with Crippen LogP contribution in [-0.2, 0) is 6.54 Å². The standard InChI is InChI=1S/C14H20F3NO/c1-10(2)18(11(3)4)9-12-5-7-13(8-6-12)19-14(15,16)17/h5-8,10-11H,9H2,1-4H3. The summed E-state index contributed by atoms with van der Waals surface area (Å²) < 4.78 is 39.9. The molecule has 0 bridgehead atoms. The molecule has 0 heterocycles. The van der Waals surface area contributed by atoms with E-state index in [1.165, 1.54) is 12.1 Å². The van der Waals surface area contributed by atoms with Crippen LogP contribution in [0, 0.1) is 0 Å². The first-order valence-corrected chi connectivity index (χ1v) is 6.29. The van der Waals surface area contributed by atoms with Crippen LogP contribution in [0.5, 0.6) is 5.75 Å². The summed E-state index contributed by atoms with van der Waals surface area (Å²) in [6.07, 6.45) is -4.64. The Morgan fingerprint density at radius 3 is 1.84 bits per heavy atom. The second kappa shape index (κ2) is 6.28. The Labute approximate surface area is 112 Å². The van der Waals surface area contributed by atoms with Crippen molar-refractivity contribution in [3.63, 3.8) is 0 Å². The molecule has 0 radical (unpaired) electrons. The van der Waals surface area contributed by atoms with Crippen molar-refractivity contribution in [3.8, 4) is 5.75 Å². The third kappa shape index (κ3) is 5.51. The molecule has 0 aliphatic heterocycles. The van der Waals surface area contributed by atoms with Crippen LogP contribution in [0.4, 0.5) is 13.2 Å². The normalized spacial score (nSPS) is 12.5. The summed E-state index contributed by atoms with van der Waals surface area (Å²) in [7, 11) is 0. The van der Waals surface area contributed by atoms with Gasteiger partial charge in [0.2, 0.25) is 0 Å². The van der Waals surface area contributed by atoms with Crippen molar-refractivity contribution in [1.29, 1.82) is 0 Å². The fourth-order valence-electron chi connectivity index (χ4n) is 1.97. The first-order chi connectivity index (χ1) is 8.69. The lowest BCUT2D eigenvalue weighted by atomic mass is 10.1. The molecule has 0 fully saturated rings. The Hall–Kier alpha value is -1.23. The molecule has 0 saturated carbocycles. The molecule has 0 spiro atoms. The molecular formula is C14H20F3NO. The van der Waals surface area contributed by atoms with Crippen LogP contribution in [-0.4, -0.2) is 23.3 Å². The second-order valence-corrected chi connectivity index (χ2v) is 5.05. The summed E-state index contributed by atoms with van der Waals surface area (Å²) in [5, 5.41) is 0. The number of hydrogen-bond acceptors (Lipinski definition) is 2. The van der Waals surface area contributed by atoms with Gasteiger partial charge < -0.3 is 4.74 Å². The highest BCUT2D eigenvalue weighted by atomic mass is 19.4. The van der Waals surface area contributed by atoms with Crippen molar-refractivity contribution >= 4 is 0 Å². The van der Waals surface area contributed by atoms with Gasteiger partial charge in [-0.2, -0.15) is 0 Å². The van der Waals surface area contributed by atoms with E-state index in [1.54, 1.807) is 12.1 Å². The fraction of sp³-hybridized carbons (Fsp3) is 0.571. The lowest BCUT2D eigenvalue weighted by molar-refractivity contribution is -0.274. The largest absolute Gasteiger partial charge is 0.573 e. The van der Waals surface area contributed by atoms with Gasteiger partial charge in [-0.3, -0.25) is 4.90 Å². The number of alkyl halides is 3. The molecule has 0 aliphatic carbocycles. The summed E-state index contributed by atoms with van der Waals surface area (Å²) in [6, 6.07) is 6.79. The molecule has 0 N–H and O–H groups in total. The second-order valence-electron chi connectivity index (χ2n) is 5.05. The number of nitrogens with zero attached hydrogens (tertiary/aromatic N) is 1. The SMILES string of the molecule is CC(C)N(Cc1ccc(OC(F)(F)F)cc1)C(C)C. The molecule has 0 aromatic heterocycles. The molecular weight excluding hydrogens is 255 g/mol. The van der Waals surface area contributed by atoms with E-state index in [-0.39, 0.29) is 5.75 Å². The predicted octanol–water partition coefficient (Wildman–Crippen LogP) is 4.20. The first kappa shape index (κ1) is 15.8. The Morgan fingerprint density at radius 2 is 1.47 bits per heavy atom. The zero-order chi connectivity index (χ0) is 14.6. The molecule has 0 aliphatic rings. The maximum atomic E-state index is 12.0. The maximum Gasteiger partial charge on any atom is 0.573 e. The summed E-state index contributed by atoms with van der Waals surface area (Å²) in [4.78, 5) is 2.26. The third-order valence-corrected chi connectivity index (χ3v) is 2.85. The van der Waals surface area contributed by atoms with Crippen molar-refractivity contribution in [2.45, 2.75) is 52.7 Å². The molecule has 0 unspecified atom stereocenters. The Kier molecular flexibility index (Phi) is 5.23. The van der Waals surface area contributed by atoms with Crippen LogP contribution in [0.3, 0.4) is 0 Å². The maximum absolute atomic E-state index is 12.0. The van der Waals surface area contributed by atoms with E-state index in [0.29, 0.717) is 18.6 Å². The lowest BCUT2D eigenvalue weighted by Crippen LogP contribution is -2.36. The minimum atomic E-state index is -4.64. The first-order valence-electron chi connectivity index (χ1n) is 6.29. The van der Waals surface area contributed by atoms with Crippen molar-refractivity contribution in [2.24, 2.45) is 0 Å². The summed E-state index contributed by atoms with van der Waals surface area (Å²) in [6.45, 7) is 9.10. The summed E-state index contributed by atoms with van der Waals surface area (Å²) in [5.41, 5.74) is 0.969. The van der Waals surface area contributed by atoms with Crippen LogP contribution < -0.4 is 4.74 Å². The Morgan fingerprint density at radius 1 is 1.00 bits per heavy atom. The number of rotatable bonds is 5. The van der Waals surface area contributed by atoms with Gasteiger partial charge in [0.1, 0.15) is 5.75 Å². The van der Waals surface area contributed by atoms with Crippen molar-refractivity contribution in [3.05, 3.63) is 29.8 Å². The quantitative estimate of drug-likeness (QED) is 0.798. The average Bonchev–Trinajstić information content (AvgIpc) is 2.25. The van der Waals surface area contributed by atoms with E-state index >= 15 is 0 Å². The smallest absolute Gasteiger partial charge is 0.406 e. The summed E-state index contributed by atoms with van der Waals surface area (Å²) >= 11 is 0. The molecule has 2 nitrogen and oxygen atoms in total. The highest BCUT2D eigenvalue weighted by Crippen LogP contribution is 2.23. The highest BCUT2D eigenvalue weighted by Gasteiger charge is 2.30. The third-order valence-electron chi connectivity index (χ3n) is 2.85. The van der Waals surface area contributed by atoms with Crippen LogP contribution in [0.2, 0.25) is 0 Å². The topological polar surface area (TPSA) is 12.5 Å². The van der Waals surface area contributed by atoms with Crippen LogP contribution >= 0.6 is 0 Å². The number of halogens is 3. The molecule has 0 amide bonds. The van der Waals surface area contributed by atoms with Gasteiger partial charge in [0, 0.05) is 18.6 Å². The van der Waals surface area contributed by atoms with E-state index in [0.717, 1.165) is 5.56 Å². The number of benzene rings is 1. The predicted molar refractivity (Wildman–Crippen MR) is 68.9 cm³/mol. The van der Waals surface area contributed by atoms with Crippen LogP contribution in [0.25, 0.3) is 0 Å². The van der Waals surface area contributed by atoms with Gasteiger partial charge in [-0.1, -0.05) is 12.1 Å². The minimum absolute atomic E-state index is 0.183. The zero-order valence-electron chi connectivity index (χ0n) is 11.7. The fourth-order valence-corrected chi connectivity index (χ4v) is 1.97. The van der Waals surface area contributed by atoms with E-state index in [4.69, 9.17) is 0 Å². The Bertz CT molecular complexity index is 377. The lowest BCUT2D eigenvalue weighted by Gasteiger charge is -2.30. The van der Waals surface area contributed by atoms with Gasteiger partial charge >= 0.3 is 6.36 Å². The van der Waals surface area contributed by atoms with Crippen molar-refractivity contribution in [2.75, 3.05) is 0 Å². The number of ether oxygens (including phenoxy) is 1. The van der Waals surface area contributed by atoms with Crippen LogP contribution in [0.15, 0.2) is 24.3 Å². The molecule has 5 heteroatoms. The molecule has 19 heavy (non-hydrogen) atoms. The monoisotopic (exact) mass is 275 g/mol. The van der Waals surface area contributed by atoms with Gasteiger partial charge in [0.25, 0.3) is 0 Å². The molecule has 1 aromatic rings. The van der Waals surface area contributed by atoms with E-state index in [9.17, 15) is 13.2 Å². The average molecular weight is 275 g/mol. The molecule has 0 atom stereocenters. The van der Waals surface area contributed by atoms with Crippen LogP contribution in [0.1, 0.15) is 33.3 Å². The van der Waals surface area contributed by atoms with E-state index in [1.807, 2.05) is 0 Å². The molecule has 108 valence electrons. The van der Waals surface area contributed by atoms with Gasteiger partial charge in [-0.25, -0.2) is 0 Å². The zero-order valence-corrected chi connectivity index (χ0v) is 11.7. The minimum Gasteiger partial charge on any atom is -0.406 e. The van der Waals surface area contributed by atoms with Crippen molar-refractivity contribution < 1.29 is 17.9 Å². The highest BCUT2D eigenvalue weighted by molar-refractivity contribution is 5.27. The van der Waals surface area contributed by atoms with Crippen molar-refractivity contribution in [1.82, 2.24) is 4.90 Å². The van der Waals surface area contributed by atoms with Gasteiger partial charge in [-0.05, 0) is 45.4 Å². The van der Waals surface area contributed by atoms with E-state index in [2.05, 4.69) is 37.3 Å². The van der Waals surface area contributed by atoms with Gasteiger partial charge in [-0.15, -0.1) is 13.2 Å². The van der Waals surface area contributed by atoms with E-state index < -0.39 is 6.36 Å². The van der Waals surface area contributed by atoms with Gasteiger partial charge in [0.05, 0.1) is 0 Å². The molecule has 1 rings (SSSR count). The number of hydrogen-bond donors (Lipinski definition) is 0. The molecule has 0 saturated heterocycles. The van der Waals surface area contributed by atoms with Gasteiger partial charge in [0.15, 0.2) is 0 Å². The Balaban J connectivity index is 2.71. The summed E-state index contributed by atoms with van der Waals surface area (Å²) in [5.74, 6) is -0.183.